The lowest BCUT2D eigenvalue weighted by Gasteiger charge is -2.25. The first kappa shape index (κ1) is 87.2. The molecule has 0 spiro atoms. The highest BCUT2D eigenvalue weighted by atomic mass is 19.3. The number of halogens is 2. The number of benzene rings is 6. The highest BCUT2D eigenvalue weighted by Gasteiger charge is 2.25. The first-order valence-electron chi connectivity index (χ1n) is 41.1. The van der Waals surface area contributed by atoms with Crippen molar-refractivity contribution < 1.29 is 13.5 Å². The largest absolute Gasteiger partial charge is 0.497 e. The van der Waals surface area contributed by atoms with Crippen LogP contribution in [-0.2, 0) is 44.8 Å². The summed E-state index contributed by atoms with van der Waals surface area (Å²) in [7, 11) is 9.22. The lowest BCUT2D eigenvalue weighted by molar-refractivity contribution is 0.152. The first-order chi connectivity index (χ1) is 57.3. The lowest BCUT2D eigenvalue weighted by atomic mass is 10.00. The number of aromatic amines is 2. The summed E-state index contributed by atoms with van der Waals surface area (Å²) < 4.78 is 50.9. The third-order valence-corrected chi connectivity index (χ3v) is 20.9. The first-order valence-corrected chi connectivity index (χ1v) is 41.1. The number of aryl methyl sites for hydroxylation is 7. The Kier molecular flexibility index (Phi) is 26.1. The van der Waals surface area contributed by atoms with Crippen molar-refractivity contribution in [1.82, 2.24) is 87.1 Å². The molecule has 0 unspecified atom stereocenters. The van der Waals surface area contributed by atoms with E-state index in [-0.39, 0.29) is 22.2 Å². The Bertz CT molecular complexity index is 6590. The van der Waals surface area contributed by atoms with E-state index < -0.39 is 6.43 Å². The Morgan fingerprint density at radius 2 is 0.934 bits per heavy atom. The van der Waals surface area contributed by atoms with Crippen LogP contribution in [0.1, 0.15) is 157 Å². The molecular formula is C99H115F2N19O. The van der Waals surface area contributed by atoms with Crippen molar-refractivity contribution in [3.63, 3.8) is 0 Å². The molecular weight excluding hydrogens is 1510 g/mol. The summed E-state index contributed by atoms with van der Waals surface area (Å²) in [4.78, 5) is 11.8. The number of alkyl halides is 2. The SMILES string of the molecule is CC(C)C.COc1ccc(-c2ccc3ccn(C(C)(C)C)c3c2)cc1.Cc1cc2cc(-c3cnn(C)c3)c(C#N)cc2n1C(C)C.Cc1cc2cc(-c3cnn(C)c3)c(C(F)F)cc2n1C(C)(C)C.Cc1cc2cc(-c3cnn(C)c3)ncc2n1C(C)C.Cn1cc(-c2ccc3c(ccn3C(C)(C)C)c2)cn1.c1nc2ccc(-c3cn[nH]c3)cc2[nH]1. The van der Waals surface area contributed by atoms with Crippen LogP contribution in [-0.4, -0.2) is 94.2 Å². The molecule has 18 aromatic rings. The van der Waals surface area contributed by atoms with Gasteiger partial charge in [0.15, 0.2) is 0 Å². The van der Waals surface area contributed by atoms with E-state index in [1.807, 2.05) is 113 Å². The maximum Gasteiger partial charge on any atom is 0.264 e. The molecule has 12 aromatic heterocycles. The maximum atomic E-state index is 13.6. The zero-order valence-electron chi connectivity index (χ0n) is 74.4. The van der Waals surface area contributed by atoms with Gasteiger partial charge in [-0.25, -0.2) is 13.8 Å². The molecule has 626 valence electrons. The van der Waals surface area contributed by atoms with Gasteiger partial charge in [0.2, 0.25) is 0 Å². The molecule has 2 N–H and O–H groups in total. The highest BCUT2D eigenvalue weighted by Crippen LogP contribution is 2.40. The van der Waals surface area contributed by atoms with Gasteiger partial charge in [0.1, 0.15) is 5.75 Å². The Balaban J connectivity index is 0.000000132. The van der Waals surface area contributed by atoms with Crippen molar-refractivity contribution in [2.75, 3.05) is 7.11 Å². The Labute approximate surface area is 708 Å². The van der Waals surface area contributed by atoms with Gasteiger partial charge in [-0.05, 0) is 253 Å². The fourth-order valence-corrected chi connectivity index (χ4v) is 15.6. The third-order valence-electron chi connectivity index (χ3n) is 20.9. The molecule has 6 aromatic carbocycles. The van der Waals surface area contributed by atoms with Crippen LogP contribution in [0.25, 0.3) is 132 Å². The summed E-state index contributed by atoms with van der Waals surface area (Å²) in [5.74, 6) is 1.72. The molecule has 121 heavy (non-hydrogen) atoms. The van der Waals surface area contributed by atoms with E-state index in [1.54, 1.807) is 65.4 Å². The van der Waals surface area contributed by atoms with Gasteiger partial charge in [0.25, 0.3) is 6.43 Å². The molecule has 0 aliphatic heterocycles. The maximum absolute atomic E-state index is 13.6. The van der Waals surface area contributed by atoms with Crippen molar-refractivity contribution in [3.05, 3.63) is 255 Å². The minimum Gasteiger partial charge on any atom is -0.497 e. The lowest BCUT2D eigenvalue weighted by Crippen LogP contribution is -2.22. The number of imidazole rings is 1. The molecule has 22 heteroatoms. The molecule has 0 bridgehead atoms. The van der Waals surface area contributed by atoms with Crippen LogP contribution in [0.5, 0.6) is 5.75 Å². The highest BCUT2D eigenvalue weighted by molar-refractivity contribution is 5.92. The molecule has 20 nitrogen and oxygen atoms in total. The van der Waals surface area contributed by atoms with Gasteiger partial charge in [-0.1, -0.05) is 57.2 Å². The molecule has 0 saturated carbocycles. The van der Waals surface area contributed by atoms with E-state index in [0.717, 1.165) is 83.9 Å². The van der Waals surface area contributed by atoms with Crippen LogP contribution in [0.3, 0.4) is 0 Å². The number of aromatic nitrogens is 18. The number of hydrogen-bond donors (Lipinski definition) is 2. The van der Waals surface area contributed by atoms with Gasteiger partial charge in [-0.3, -0.25) is 28.8 Å². The summed E-state index contributed by atoms with van der Waals surface area (Å²) in [6.45, 7) is 41.1. The molecule has 18 rings (SSSR count). The van der Waals surface area contributed by atoms with Gasteiger partial charge in [0.05, 0.1) is 84.5 Å². The van der Waals surface area contributed by atoms with Crippen LogP contribution in [0.2, 0.25) is 0 Å². The number of methoxy groups -OCH3 is 1. The van der Waals surface area contributed by atoms with E-state index in [0.29, 0.717) is 28.8 Å². The van der Waals surface area contributed by atoms with Gasteiger partial charge < -0.3 is 32.6 Å². The van der Waals surface area contributed by atoms with E-state index in [2.05, 4.69) is 309 Å². The van der Waals surface area contributed by atoms with Crippen LogP contribution < -0.4 is 4.74 Å². The summed E-state index contributed by atoms with van der Waals surface area (Å²) in [5, 5.41) is 38.9. The van der Waals surface area contributed by atoms with Crippen molar-refractivity contribution in [2.45, 2.75) is 167 Å². The van der Waals surface area contributed by atoms with Crippen LogP contribution >= 0.6 is 0 Å². The average Bonchev–Trinajstić information content (AvgIpc) is 1.60. The zero-order chi connectivity index (χ0) is 87.3. The summed E-state index contributed by atoms with van der Waals surface area (Å²) >= 11 is 0. The predicted molar refractivity (Wildman–Crippen MR) is 492 cm³/mol. The monoisotopic (exact) mass is 1620 g/mol. The van der Waals surface area contributed by atoms with Gasteiger partial charge >= 0.3 is 0 Å². The second kappa shape index (κ2) is 36.2. The minimum atomic E-state index is -2.53. The second-order valence-corrected chi connectivity index (χ2v) is 35.2. The number of rotatable bonds is 10. The number of nitrogens with one attached hydrogen (secondary N) is 2. The normalized spacial score (nSPS) is 11.7. The summed E-state index contributed by atoms with van der Waals surface area (Å²) in [5.41, 5.74) is 24.3. The number of ether oxygens (including phenoxy) is 1. The zero-order valence-corrected chi connectivity index (χ0v) is 74.4. The van der Waals surface area contributed by atoms with E-state index in [4.69, 9.17) is 4.74 Å². The van der Waals surface area contributed by atoms with Gasteiger partial charge in [0, 0.05) is 200 Å². The molecule has 0 saturated heterocycles. The van der Waals surface area contributed by atoms with E-state index in [9.17, 15) is 14.0 Å². The minimum absolute atomic E-state index is 0.0501. The summed E-state index contributed by atoms with van der Waals surface area (Å²) in [6, 6.07) is 51.2. The molecule has 0 amide bonds. The predicted octanol–water partition coefficient (Wildman–Crippen LogP) is 24.7. The van der Waals surface area contributed by atoms with Crippen molar-refractivity contribution in [2.24, 2.45) is 34.1 Å². The molecule has 0 aliphatic rings. The average molecular weight is 1630 g/mol. The van der Waals surface area contributed by atoms with Crippen LogP contribution in [0, 0.1) is 38.0 Å². The third kappa shape index (κ3) is 20.1. The number of nitriles is 1. The molecule has 0 aliphatic carbocycles. The fraction of sp³-hybridized carbons (Fsp3) is 0.313. The standard InChI is InChI=1S/C19H21NO.C18H21F2N3.C17H18N4.C16H19N3.C15H18N4.C10H8N4.C4H10/c1-19(2,3)20-12-11-15-5-6-16(13-18(15)20)14-7-9-17(21-4)10-8-14;1-11-6-12-7-14(13-9-21-22(5)10-13)15(17(19)20)8-16(12)23(11)18(2,3)4;1-11(2)21-12(3)5-13-6-16(14(8-18)7-17(13)21)15-9-19-20(4)10-15;1-16(2,3)19-8-7-13-9-12(5-6-15(13)19)14-10-17-18(4)11-14;1-10(2)19-11(3)5-12-6-14(16-8-15(12)19)13-7-17-18(4)9-13;1-2-9-10(12-6-11-9)3-7(1)8-4-13-14-5-8;1-4(2)3/h5-13H,1-4H3;6-10,17H,1-5H3;5-7,9-11H,1-4H3;5-11H,1-4H3;5-10H,1-4H3;1-6H,(H,11,12)(H,13,14);4H,1-3H3. The number of pyridine rings is 1. The number of hydrogen-bond acceptors (Lipinski definition) is 9. The van der Waals surface area contributed by atoms with E-state index >= 15 is 0 Å². The molecule has 12 heterocycles. The van der Waals surface area contributed by atoms with Crippen LogP contribution in [0.4, 0.5) is 8.78 Å². The fourth-order valence-electron chi connectivity index (χ4n) is 15.6. The van der Waals surface area contributed by atoms with Gasteiger partial charge in [-0.15, -0.1) is 0 Å². The quantitative estimate of drug-likeness (QED) is 0.134. The second-order valence-electron chi connectivity index (χ2n) is 35.2. The molecule has 0 fully saturated rings. The van der Waals surface area contributed by atoms with Gasteiger partial charge in [-0.2, -0.15) is 30.8 Å². The summed E-state index contributed by atoms with van der Waals surface area (Å²) in [6.07, 6.45) is 24.1. The number of nitrogens with zero attached hydrogens (tertiary/aromatic N) is 17. The number of H-pyrrole nitrogens is 2. The number of fused-ring (bicyclic) bond motifs is 6. The smallest absolute Gasteiger partial charge is 0.264 e. The van der Waals surface area contributed by atoms with Crippen molar-refractivity contribution in [1.29, 1.82) is 5.26 Å². The molecule has 0 atom stereocenters. The van der Waals surface area contributed by atoms with Crippen molar-refractivity contribution >= 4 is 65.5 Å². The Hall–Kier alpha value is -13.2. The van der Waals surface area contributed by atoms with E-state index in [1.165, 1.54) is 66.2 Å². The topological polar surface area (TPSA) is 199 Å². The van der Waals surface area contributed by atoms with Crippen molar-refractivity contribution in [3.8, 4) is 78.7 Å². The Morgan fingerprint density at radius 3 is 1.48 bits per heavy atom. The Morgan fingerprint density at radius 1 is 0.430 bits per heavy atom. The van der Waals surface area contributed by atoms with Crippen LogP contribution in [0.15, 0.2) is 226 Å². The molecule has 0 radical (unpaired) electrons.